The number of halogens is 2. The van der Waals surface area contributed by atoms with Crippen molar-refractivity contribution in [2.45, 2.75) is 12.5 Å². The third-order valence-electron chi connectivity index (χ3n) is 4.57. The zero-order chi connectivity index (χ0) is 21.7. The van der Waals surface area contributed by atoms with E-state index < -0.39 is 6.10 Å². The van der Waals surface area contributed by atoms with E-state index in [2.05, 4.69) is 10.6 Å². The first-order valence-corrected chi connectivity index (χ1v) is 10.5. The first kappa shape index (κ1) is 22.7. The van der Waals surface area contributed by atoms with Gasteiger partial charge in [0.05, 0.1) is 29.0 Å². The molecule has 1 saturated heterocycles. The average Bonchev–Trinajstić information content (AvgIpc) is 2.73. The van der Waals surface area contributed by atoms with Gasteiger partial charge in [-0.25, -0.2) is 0 Å². The zero-order valence-corrected chi connectivity index (χ0v) is 18.3. The second-order valence-electron chi connectivity index (χ2n) is 6.78. The Bertz CT molecular complexity index is 919. The predicted molar refractivity (Wildman–Crippen MR) is 121 cm³/mol. The number of carbonyl (C=O) groups excluding carboxylic acids is 2. The molecule has 1 aliphatic heterocycles. The predicted octanol–water partition coefficient (Wildman–Crippen LogP) is 2.41. The molecule has 30 heavy (non-hydrogen) atoms. The minimum Gasteiger partial charge on any atom is -0.389 e. The lowest BCUT2D eigenvalue weighted by atomic mass is 10.0. The molecule has 3 rings (SSSR count). The molecule has 0 spiro atoms. The molecular formula is C20H21Cl2N3O4S. The van der Waals surface area contributed by atoms with Gasteiger partial charge in [-0.15, -0.1) is 0 Å². The largest absolute Gasteiger partial charge is 0.389 e. The number of aliphatic hydroxyl groups excluding tert-OH is 1. The van der Waals surface area contributed by atoms with Crippen molar-refractivity contribution in [3.63, 3.8) is 0 Å². The van der Waals surface area contributed by atoms with Gasteiger partial charge in [-0.3, -0.25) is 9.59 Å². The highest BCUT2D eigenvalue weighted by atomic mass is 35.5. The lowest BCUT2D eigenvalue weighted by molar-refractivity contribution is -0.125. The normalized spacial score (nSPS) is 17.9. The Morgan fingerprint density at radius 3 is 2.87 bits per heavy atom. The maximum Gasteiger partial charge on any atom is 0.253 e. The quantitative estimate of drug-likeness (QED) is 0.531. The molecule has 1 fully saturated rings. The number of amides is 2. The van der Waals surface area contributed by atoms with Crippen LogP contribution in [0.25, 0.3) is 0 Å². The fraction of sp³-hybridized carbons (Fsp3) is 0.350. The molecule has 160 valence electrons. The van der Waals surface area contributed by atoms with Crippen molar-refractivity contribution in [3.8, 4) is 0 Å². The van der Waals surface area contributed by atoms with Crippen LogP contribution in [0.5, 0.6) is 0 Å². The maximum absolute atomic E-state index is 12.2. The van der Waals surface area contributed by atoms with Crippen LogP contribution in [0.2, 0.25) is 5.02 Å². The number of hydrogen-bond acceptors (Lipinski definition) is 6. The molecule has 2 aliphatic rings. The first-order valence-electron chi connectivity index (χ1n) is 9.33. The van der Waals surface area contributed by atoms with Crippen LogP contribution in [-0.4, -0.2) is 60.7 Å². The van der Waals surface area contributed by atoms with Crippen molar-refractivity contribution in [3.05, 3.63) is 46.0 Å². The summed E-state index contributed by atoms with van der Waals surface area (Å²) in [6.07, 6.45) is 2.88. The van der Waals surface area contributed by atoms with Crippen molar-refractivity contribution in [1.29, 1.82) is 0 Å². The van der Waals surface area contributed by atoms with E-state index in [9.17, 15) is 14.7 Å². The van der Waals surface area contributed by atoms with Crippen molar-refractivity contribution in [1.82, 2.24) is 5.32 Å². The van der Waals surface area contributed by atoms with Gasteiger partial charge >= 0.3 is 0 Å². The molecule has 2 amide bonds. The molecule has 1 aromatic rings. The van der Waals surface area contributed by atoms with Crippen LogP contribution in [-0.2, 0) is 14.3 Å². The SMILES string of the molecule is O=C(NCC(O)CNc1ccc(N2CCOCC2=O)c(Cl)c1)C1=CC(Cl)=CCC1=S. The number of thiocarbonyl (C=S) groups is 1. The van der Waals surface area contributed by atoms with Crippen LogP contribution in [0.1, 0.15) is 6.42 Å². The number of benzene rings is 1. The van der Waals surface area contributed by atoms with E-state index in [0.717, 1.165) is 0 Å². The highest BCUT2D eigenvalue weighted by Crippen LogP contribution is 2.29. The Morgan fingerprint density at radius 1 is 1.33 bits per heavy atom. The summed E-state index contributed by atoms with van der Waals surface area (Å²) in [4.78, 5) is 26.3. The van der Waals surface area contributed by atoms with E-state index in [-0.39, 0.29) is 31.5 Å². The molecule has 0 bridgehead atoms. The molecule has 3 N–H and O–H groups in total. The fourth-order valence-electron chi connectivity index (χ4n) is 2.99. The lowest BCUT2D eigenvalue weighted by Crippen LogP contribution is -2.41. The topological polar surface area (TPSA) is 90.9 Å². The van der Waals surface area contributed by atoms with Crippen LogP contribution in [0.15, 0.2) is 41.0 Å². The minimum absolute atomic E-state index is 0.0400. The number of aliphatic hydroxyl groups is 1. The second kappa shape index (κ2) is 10.4. The van der Waals surface area contributed by atoms with Gasteiger partial charge < -0.3 is 25.4 Å². The molecule has 1 atom stereocenters. The maximum atomic E-state index is 12.2. The van der Waals surface area contributed by atoms with Crippen molar-refractivity contribution in [2.24, 2.45) is 0 Å². The highest BCUT2D eigenvalue weighted by molar-refractivity contribution is 7.81. The molecule has 0 aromatic heterocycles. The van der Waals surface area contributed by atoms with Crippen LogP contribution >= 0.6 is 35.4 Å². The molecular weight excluding hydrogens is 449 g/mol. The van der Waals surface area contributed by atoms with E-state index in [1.807, 2.05) is 0 Å². The monoisotopic (exact) mass is 469 g/mol. The minimum atomic E-state index is -0.836. The van der Waals surface area contributed by atoms with Crippen LogP contribution in [0, 0.1) is 0 Å². The van der Waals surface area contributed by atoms with Gasteiger partial charge in [0, 0.05) is 41.6 Å². The third kappa shape index (κ3) is 5.80. The number of anilines is 2. The summed E-state index contributed by atoms with van der Waals surface area (Å²) >= 11 is 17.4. The van der Waals surface area contributed by atoms with Gasteiger partial charge in [0.25, 0.3) is 11.8 Å². The second-order valence-corrected chi connectivity index (χ2v) is 8.12. The standard InChI is InChI=1S/C20H21Cl2N3O4S/c21-12-1-4-18(30)15(7-12)20(28)24-10-14(26)9-23-13-2-3-17(16(22)8-13)25-5-6-29-11-19(25)27/h1-3,7-8,14,23,26H,4-6,9-11H2,(H,24,28). The smallest absolute Gasteiger partial charge is 0.253 e. The summed E-state index contributed by atoms with van der Waals surface area (Å²) in [5.74, 6) is -0.507. The van der Waals surface area contributed by atoms with Gasteiger partial charge in [-0.1, -0.05) is 41.5 Å². The number of hydrogen-bond donors (Lipinski definition) is 3. The Morgan fingerprint density at radius 2 is 2.13 bits per heavy atom. The zero-order valence-electron chi connectivity index (χ0n) is 16.0. The van der Waals surface area contributed by atoms with E-state index in [1.54, 1.807) is 29.2 Å². The van der Waals surface area contributed by atoms with Gasteiger partial charge in [-0.05, 0) is 24.3 Å². The van der Waals surface area contributed by atoms with E-state index in [0.29, 0.717) is 51.4 Å². The number of rotatable bonds is 7. The molecule has 7 nitrogen and oxygen atoms in total. The van der Waals surface area contributed by atoms with Crippen molar-refractivity contribution < 1.29 is 19.4 Å². The molecule has 1 unspecified atom stereocenters. The van der Waals surface area contributed by atoms with Gasteiger partial charge in [0.2, 0.25) is 0 Å². The van der Waals surface area contributed by atoms with Gasteiger partial charge in [0.15, 0.2) is 0 Å². The van der Waals surface area contributed by atoms with Crippen LogP contribution < -0.4 is 15.5 Å². The number of ether oxygens (including phenoxy) is 1. The summed E-state index contributed by atoms with van der Waals surface area (Å²) in [6.45, 7) is 1.19. The lowest BCUT2D eigenvalue weighted by Gasteiger charge is -2.27. The number of nitrogens with one attached hydrogen (secondary N) is 2. The van der Waals surface area contributed by atoms with E-state index >= 15 is 0 Å². The van der Waals surface area contributed by atoms with E-state index in [4.69, 9.17) is 40.2 Å². The molecule has 1 heterocycles. The van der Waals surface area contributed by atoms with Gasteiger partial charge in [0.1, 0.15) is 6.61 Å². The van der Waals surface area contributed by atoms with E-state index in [1.165, 1.54) is 6.08 Å². The molecule has 1 aliphatic carbocycles. The Labute approximate surface area is 189 Å². The van der Waals surface area contributed by atoms with Crippen LogP contribution in [0.4, 0.5) is 11.4 Å². The molecule has 1 aromatic carbocycles. The Kier molecular flexibility index (Phi) is 7.85. The summed E-state index contributed by atoms with van der Waals surface area (Å²) in [7, 11) is 0. The molecule has 10 heteroatoms. The molecule has 0 saturated carbocycles. The number of nitrogens with zero attached hydrogens (tertiary/aromatic N) is 1. The molecule has 0 radical (unpaired) electrons. The van der Waals surface area contributed by atoms with Gasteiger partial charge in [-0.2, -0.15) is 0 Å². The number of carbonyl (C=O) groups is 2. The highest BCUT2D eigenvalue weighted by Gasteiger charge is 2.22. The Balaban J connectivity index is 1.50. The van der Waals surface area contributed by atoms with Crippen LogP contribution in [0.3, 0.4) is 0 Å². The first-order chi connectivity index (χ1) is 14.3. The number of morpholine rings is 1. The fourth-order valence-corrected chi connectivity index (χ4v) is 3.70. The average molecular weight is 470 g/mol. The summed E-state index contributed by atoms with van der Waals surface area (Å²) in [6, 6.07) is 5.20. The summed E-state index contributed by atoms with van der Waals surface area (Å²) in [5.41, 5.74) is 1.65. The number of allylic oxidation sites excluding steroid dienone is 3. The van der Waals surface area contributed by atoms with Crippen molar-refractivity contribution >= 4 is 63.5 Å². The van der Waals surface area contributed by atoms with Crippen molar-refractivity contribution in [2.75, 3.05) is 43.1 Å². The summed E-state index contributed by atoms with van der Waals surface area (Å²) < 4.78 is 5.13. The Hall–Kier alpha value is -1.97. The third-order valence-corrected chi connectivity index (χ3v) is 5.53. The summed E-state index contributed by atoms with van der Waals surface area (Å²) in [5, 5.41) is 16.8.